The van der Waals surface area contributed by atoms with Crippen molar-refractivity contribution in [2.45, 2.75) is 12.5 Å². The first-order valence-electron chi connectivity index (χ1n) is 4.96. The van der Waals surface area contributed by atoms with E-state index in [0.29, 0.717) is 6.42 Å². The second-order valence-electron chi connectivity index (χ2n) is 3.69. The van der Waals surface area contributed by atoms with Crippen molar-refractivity contribution in [2.75, 3.05) is 0 Å². The Morgan fingerprint density at radius 2 is 2.27 bits per heavy atom. The molecule has 1 aromatic carbocycles. The van der Waals surface area contributed by atoms with Gasteiger partial charge in [-0.2, -0.15) is 0 Å². The van der Waals surface area contributed by atoms with Gasteiger partial charge in [-0.25, -0.2) is 4.98 Å². The van der Waals surface area contributed by atoms with Gasteiger partial charge in [-0.15, -0.1) is 0 Å². The van der Waals surface area contributed by atoms with Crippen LogP contribution in [0.3, 0.4) is 0 Å². The van der Waals surface area contributed by atoms with E-state index in [2.05, 4.69) is 21.7 Å². The molecule has 1 atom stereocenters. The van der Waals surface area contributed by atoms with Gasteiger partial charge in [0.1, 0.15) is 6.29 Å². The van der Waals surface area contributed by atoms with Crippen LogP contribution < -0.4 is 0 Å². The summed E-state index contributed by atoms with van der Waals surface area (Å²) >= 11 is 0. The maximum absolute atomic E-state index is 10.7. The van der Waals surface area contributed by atoms with Gasteiger partial charge in [0, 0.05) is 12.0 Å². The van der Waals surface area contributed by atoms with Crippen molar-refractivity contribution in [1.82, 2.24) is 9.55 Å². The van der Waals surface area contributed by atoms with Gasteiger partial charge in [0.05, 0.1) is 24.3 Å². The Morgan fingerprint density at radius 3 is 3.13 bits per heavy atom. The molecule has 0 spiro atoms. The van der Waals surface area contributed by atoms with E-state index in [1.165, 1.54) is 11.1 Å². The number of nitrogens with zero attached hydrogens (tertiary/aromatic N) is 2. The molecule has 0 aliphatic carbocycles. The van der Waals surface area contributed by atoms with Crippen LogP contribution in [0.25, 0.3) is 11.3 Å². The molecule has 15 heavy (non-hydrogen) atoms. The zero-order valence-corrected chi connectivity index (χ0v) is 8.13. The summed E-state index contributed by atoms with van der Waals surface area (Å²) in [5.74, 6) is 0. The lowest BCUT2D eigenvalue weighted by molar-refractivity contribution is -0.108. The summed E-state index contributed by atoms with van der Waals surface area (Å²) in [4.78, 5) is 14.8. The Balaban J connectivity index is 2.23. The molecule has 1 unspecified atom stereocenters. The van der Waals surface area contributed by atoms with Crippen LogP contribution >= 0.6 is 0 Å². The molecule has 1 aliphatic heterocycles. The number of aldehydes is 1. The van der Waals surface area contributed by atoms with Crippen molar-refractivity contribution in [3.05, 3.63) is 42.4 Å². The van der Waals surface area contributed by atoms with Crippen molar-refractivity contribution in [1.29, 1.82) is 0 Å². The quantitative estimate of drug-likeness (QED) is 0.692. The van der Waals surface area contributed by atoms with Crippen molar-refractivity contribution in [3.8, 4) is 11.3 Å². The highest BCUT2D eigenvalue weighted by molar-refractivity contribution is 5.70. The van der Waals surface area contributed by atoms with Gasteiger partial charge in [0.2, 0.25) is 0 Å². The third-order valence-electron chi connectivity index (χ3n) is 2.92. The zero-order valence-electron chi connectivity index (χ0n) is 8.13. The Labute approximate surface area is 87.4 Å². The molecule has 3 rings (SSSR count). The Morgan fingerprint density at radius 1 is 1.40 bits per heavy atom. The highest BCUT2D eigenvalue weighted by atomic mass is 16.1. The second-order valence-corrected chi connectivity index (χ2v) is 3.69. The number of imidazole rings is 1. The lowest BCUT2D eigenvalue weighted by atomic mass is 10.0. The van der Waals surface area contributed by atoms with Crippen molar-refractivity contribution in [2.24, 2.45) is 0 Å². The monoisotopic (exact) mass is 198 g/mol. The van der Waals surface area contributed by atoms with Crippen molar-refractivity contribution < 1.29 is 4.79 Å². The minimum atomic E-state index is 0.135. The molecular formula is C12H10N2O. The smallest absolute Gasteiger partial charge is 0.122 e. The lowest BCUT2D eigenvalue weighted by Crippen LogP contribution is -2.04. The molecule has 0 bridgehead atoms. The van der Waals surface area contributed by atoms with Crippen molar-refractivity contribution >= 4 is 6.29 Å². The van der Waals surface area contributed by atoms with Gasteiger partial charge in [0.25, 0.3) is 0 Å². The van der Waals surface area contributed by atoms with E-state index in [1.807, 2.05) is 18.3 Å². The average Bonchev–Trinajstić information content (AvgIpc) is 2.82. The molecule has 1 aromatic heterocycles. The highest BCUT2D eigenvalue weighted by Gasteiger charge is 2.27. The van der Waals surface area contributed by atoms with Crippen LogP contribution in [0.15, 0.2) is 36.8 Å². The topological polar surface area (TPSA) is 34.9 Å². The molecule has 0 fully saturated rings. The molecule has 2 heterocycles. The SMILES string of the molecule is O=CCC1c2ccccc2-c2cncn21. The van der Waals surface area contributed by atoms with Gasteiger partial charge >= 0.3 is 0 Å². The number of benzene rings is 1. The van der Waals surface area contributed by atoms with Gasteiger partial charge in [-0.1, -0.05) is 24.3 Å². The van der Waals surface area contributed by atoms with E-state index in [-0.39, 0.29) is 6.04 Å². The standard InChI is InChI=1S/C12H10N2O/c15-6-5-11-9-3-1-2-4-10(9)12-7-13-8-14(11)12/h1-4,6-8,11H,5H2. The largest absolute Gasteiger partial charge is 0.323 e. The van der Waals surface area contributed by atoms with E-state index >= 15 is 0 Å². The van der Waals surface area contributed by atoms with Gasteiger partial charge in [-0.3, -0.25) is 0 Å². The third-order valence-corrected chi connectivity index (χ3v) is 2.92. The predicted molar refractivity (Wildman–Crippen MR) is 56.5 cm³/mol. The number of fused-ring (bicyclic) bond motifs is 3. The summed E-state index contributed by atoms with van der Waals surface area (Å²) in [7, 11) is 0. The van der Waals surface area contributed by atoms with Crippen LogP contribution in [-0.4, -0.2) is 15.8 Å². The summed E-state index contributed by atoms with van der Waals surface area (Å²) in [6.45, 7) is 0. The van der Waals surface area contributed by atoms with Crippen LogP contribution in [0.2, 0.25) is 0 Å². The predicted octanol–water partition coefficient (Wildman–Crippen LogP) is 2.04. The molecule has 0 radical (unpaired) electrons. The summed E-state index contributed by atoms with van der Waals surface area (Å²) in [5, 5.41) is 0. The lowest BCUT2D eigenvalue weighted by Gasteiger charge is -2.10. The first-order valence-corrected chi connectivity index (χ1v) is 4.96. The summed E-state index contributed by atoms with van der Waals surface area (Å²) in [6.07, 6.45) is 5.13. The number of hydrogen-bond donors (Lipinski definition) is 0. The van der Waals surface area contributed by atoms with Crippen molar-refractivity contribution in [3.63, 3.8) is 0 Å². The second kappa shape index (κ2) is 3.05. The molecule has 74 valence electrons. The molecule has 2 aromatic rings. The highest BCUT2D eigenvalue weighted by Crippen LogP contribution is 2.39. The van der Waals surface area contributed by atoms with Gasteiger partial charge in [0.15, 0.2) is 0 Å². The van der Waals surface area contributed by atoms with Gasteiger partial charge < -0.3 is 9.36 Å². The zero-order chi connectivity index (χ0) is 10.3. The molecule has 1 aliphatic rings. The molecule has 0 saturated heterocycles. The number of rotatable bonds is 2. The molecule has 0 amide bonds. The minimum absolute atomic E-state index is 0.135. The van der Waals surface area contributed by atoms with E-state index < -0.39 is 0 Å². The molecule has 0 saturated carbocycles. The third kappa shape index (κ3) is 1.06. The van der Waals surface area contributed by atoms with E-state index in [9.17, 15) is 4.79 Å². The summed E-state index contributed by atoms with van der Waals surface area (Å²) in [5.41, 5.74) is 3.53. The molecule has 3 heteroatoms. The first-order chi connectivity index (χ1) is 7.42. The fourth-order valence-electron chi connectivity index (χ4n) is 2.26. The van der Waals surface area contributed by atoms with Crippen LogP contribution in [0.1, 0.15) is 18.0 Å². The number of carbonyl (C=O) groups is 1. The maximum Gasteiger partial charge on any atom is 0.122 e. The molecule has 3 nitrogen and oxygen atoms in total. The van der Waals surface area contributed by atoms with Crippen LogP contribution in [-0.2, 0) is 4.79 Å². The van der Waals surface area contributed by atoms with E-state index in [0.717, 1.165) is 12.0 Å². The molecular weight excluding hydrogens is 188 g/mol. The fraction of sp³-hybridized carbons (Fsp3) is 0.167. The average molecular weight is 198 g/mol. The summed E-state index contributed by atoms with van der Waals surface area (Å²) in [6, 6.07) is 8.32. The molecule has 0 N–H and O–H groups in total. The van der Waals surface area contributed by atoms with E-state index in [1.54, 1.807) is 6.33 Å². The first kappa shape index (κ1) is 8.41. The Kier molecular flexibility index (Phi) is 1.71. The minimum Gasteiger partial charge on any atom is -0.323 e. The van der Waals surface area contributed by atoms with E-state index in [4.69, 9.17) is 0 Å². The van der Waals surface area contributed by atoms with Crippen LogP contribution in [0.5, 0.6) is 0 Å². The van der Waals surface area contributed by atoms with Crippen LogP contribution in [0.4, 0.5) is 0 Å². The number of carbonyl (C=O) groups excluding carboxylic acids is 1. The number of hydrogen-bond acceptors (Lipinski definition) is 2. The van der Waals surface area contributed by atoms with Gasteiger partial charge in [-0.05, 0) is 5.56 Å². The Hall–Kier alpha value is -1.90. The summed E-state index contributed by atoms with van der Waals surface area (Å²) < 4.78 is 2.07. The van der Waals surface area contributed by atoms with Crippen LogP contribution in [0, 0.1) is 0 Å². The maximum atomic E-state index is 10.7. The Bertz CT molecular complexity index is 516. The fourth-order valence-corrected chi connectivity index (χ4v) is 2.26. The normalized spacial score (nSPS) is 17.2. The number of aromatic nitrogens is 2.